The first-order valence-electron chi connectivity index (χ1n) is 9.89. The van der Waals surface area contributed by atoms with Crippen LogP contribution in [-0.4, -0.2) is 29.0 Å². The highest BCUT2D eigenvalue weighted by Crippen LogP contribution is 2.26. The van der Waals surface area contributed by atoms with E-state index in [-0.39, 0.29) is 17.6 Å². The van der Waals surface area contributed by atoms with Crippen LogP contribution in [0.15, 0.2) is 59.3 Å². The number of hydrogen-bond acceptors (Lipinski definition) is 4. The standard InChI is InChI=1S/C23H22BrFN4O/c1-15-12-19(6-7-20(15)24)28-23(30)17-8-10-29(11-9-17)22-13-21(26-14-27-22)16-2-4-18(25)5-3-16/h2-7,12-14,17H,8-11H2,1H3,(H,28,30). The van der Waals surface area contributed by atoms with Crippen LogP contribution in [0.5, 0.6) is 0 Å². The fraction of sp³-hybridized carbons (Fsp3) is 0.261. The van der Waals surface area contributed by atoms with Gasteiger partial charge in [0.05, 0.1) is 5.69 Å². The Hall–Kier alpha value is -2.80. The van der Waals surface area contributed by atoms with Gasteiger partial charge in [-0.1, -0.05) is 15.9 Å². The minimum atomic E-state index is -0.272. The number of halogens is 2. The Balaban J connectivity index is 1.38. The van der Waals surface area contributed by atoms with Crippen molar-refractivity contribution in [3.63, 3.8) is 0 Å². The Morgan fingerprint density at radius 2 is 1.83 bits per heavy atom. The van der Waals surface area contributed by atoms with Crippen LogP contribution in [0.2, 0.25) is 0 Å². The van der Waals surface area contributed by atoms with E-state index in [0.717, 1.165) is 58.7 Å². The minimum Gasteiger partial charge on any atom is -0.356 e. The van der Waals surface area contributed by atoms with E-state index in [1.807, 2.05) is 31.2 Å². The predicted octanol–water partition coefficient (Wildman–Crippen LogP) is 5.21. The topological polar surface area (TPSA) is 58.1 Å². The lowest BCUT2D eigenvalue weighted by molar-refractivity contribution is -0.120. The van der Waals surface area contributed by atoms with Crippen molar-refractivity contribution in [3.8, 4) is 11.3 Å². The predicted molar refractivity (Wildman–Crippen MR) is 120 cm³/mol. The number of benzene rings is 2. The molecule has 3 aromatic rings. The summed E-state index contributed by atoms with van der Waals surface area (Å²) in [6.45, 7) is 3.49. The number of carbonyl (C=O) groups is 1. The van der Waals surface area contributed by atoms with Crippen LogP contribution in [-0.2, 0) is 4.79 Å². The molecule has 0 unspecified atom stereocenters. The number of aromatic nitrogens is 2. The summed E-state index contributed by atoms with van der Waals surface area (Å²) in [5.41, 5.74) is 3.51. The van der Waals surface area contributed by atoms with Crippen molar-refractivity contribution in [1.82, 2.24) is 9.97 Å². The minimum absolute atomic E-state index is 0.0244. The Morgan fingerprint density at radius 1 is 1.10 bits per heavy atom. The average Bonchev–Trinajstić information content (AvgIpc) is 2.77. The number of anilines is 2. The second-order valence-electron chi connectivity index (χ2n) is 7.48. The maximum Gasteiger partial charge on any atom is 0.227 e. The van der Waals surface area contributed by atoms with E-state index in [2.05, 4.69) is 36.1 Å². The first-order valence-corrected chi connectivity index (χ1v) is 10.7. The molecular weight excluding hydrogens is 447 g/mol. The number of hydrogen-bond donors (Lipinski definition) is 1. The summed E-state index contributed by atoms with van der Waals surface area (Å²) in [5.74, 6) is 0.591. The van der Waals surface area contributed by atoms with Gasteiger partial charge in [0, 0.05) is 40.8 Å². The number of nitrogens with one attached hydrogen (secondary N) is 1. The number of amides is 1. The van der Waals surface area contributed by atoms with Crippen LogP contribution in [0.3, 0.4) is 0 Å². The third-order valence-electron chi connectivity index (χ3n) is 5.41. The molecule has 1 amide bonds. The number of nitrogens with zero attached hydrogens (tertiary/aromatic N) is 3. The Kier molecular flexibility index (Phi) is 6.08. The molecule has 7 heteroatoms. The zero-order chi connectivity index (χ0) is 21.1. The molecule has 0 aliphatic carbocycles. The molecule has 1 aliphatic heterocycles. The zero-order valence-corrected chi connectivity index (χ0v) is 18.2. The van der Waals surface area contributed by atoms with Gasteiger partial charge in [-0.05, 0) is 67.8 Å². The lowest BCUT2D eigenvalue weighted by Crippen LogP contribution is -2.38. The first kappa shape index (κ1) is 20.5. The van der Waals surface area contributed by atoms with Crippen LogP contribution in [0, 0.1) is 18.7 Å². The Labute approximate surface area is 183 Å². The lowest BCUT2D eigenvalue weighted by atomic mass is 9.95. The molecule has 0 atom stereocenters. The van der Waals surface area contributed by atoms with E-state index in [9.17, 15) is 9.18 Å². The smallest absolute Gasteiger partial charge is 0.227 e. The summed E-state index contributed by atoms with van der Waals surface area (Å²) >= 11 is 3.48. The fourth-order valence-electron chi connectivity index (χ4n) is 3.64. The molecule has 2 heterocycles. The second-order valence-corrected chi connectivity index (χ2v) is 8.34. The molecule has 2 aromatic carbocycles. The van der Waals surface area contributed by atoms with Crippen molar-refractivity contribution in [3.05, 3.63) is 70.7 Å². The van der Waals surface area contributed by atoms with Crippen molar-refractivity contribution < 1.29 is 9.18 Å². The summed E-state index contributed by atoms with van der Waals surface area (Å²) in [7, 11) is 0. The maximum atomic E-state index is 13.2. The highest BCUT2D eigenvalue weighted by Gasteiger charge is 2.26. The molecule has 1 N–H and O–H groups in total. The Morgan fingerprint density at radius 3 is 2.53 bits per heavy atom. The van der Waals surface area contributed by atoms with E-state index in [4.69, 9.17) is 0 Å². The SMILES string of the molecule is Cc1cc(NC(=O)C2CCN(c3cc(-c4ccc(F)cc4)ncn3)CC2)ccc1Br. The zero-order valence-electron chi connectivity index (χ0n) is 16.6. The molecule has 1 fully saturated rings. The van der Waals surface area contributed by atoms with Gasteiger partial charge in [0.25, 0.3) is 0 Å². The molecule has 0 radical (unpaired) electrons. The monoisotopic (exact) mass is 468 g/mol. The number of piperidine rings is 1. The molecule has 154 valence electrons. The van der Waals surface area contributed by atoms with Gasteiger partial charge in [0.1, 0.15) is 18.0 Å². The van der Waals surface area contributed by atoms with E-state index < -0.39 is 0 Å². The largest absolute Gasteiger partial charge is 0.356 e. The van der Waals surface area contributed by atoms with Gasteiger partial charge >= 0.3 is 0 Å². The van der Waals surface area contributed by atoms with Crippen molar-refractivity contribution in [1.29, 1.82) is 0 Å². The molecule has 0 saturated carbocycles. The second kappa shape index (κ2) is 8.92. The molecule has 1 saturated heterocycles. The molecule has 30 heavy (non-hydrogen) atoms. The third-order valence-corrected chi connectivity index (χ3v) is 6.30. The van der Waals surface area contributed by atoms with E-state index in [1.165, 1.54) is 18.5 Å². The Bertz CT molecular complexity index is 1050. The fourth-order valence-corrected chi connectivity index (χ4v) is 3.88. The maximum absolute atomic E-state index is 13.2. The molecule has 1 aromatic heterocycles. The van der Waals surface area contributed by atoms with Gasteiger partial charge in [-0.3, -0.25) is 4.79 Å². The molecule has 4 rings (SSSR count). The van der Waals surface area contributed by atoms with E-state index in [0.29, 0.717) is 0 Å². The normalized spacial score (nSPS) is 14.6. The summed E-state index contributed by atoms with van der Waals surface area (Å²) in [5, 5.41) is 3.03. The van der Waals surface area contributed by atoms with Gasteiger partial charge in [-0.25, -0.2) is 14.4 Å². The van der Waals surface area contributed by atoms with Gasteiger partial charge in [-0.2, -0.15) is 0 Å². The van der Waals surface area contributed by atoms with Gasteiger partial charge in [0.2, 0.25) is 5.91 Å². The van der Waals surface area contributed by atoms with Crippen molar-refractivity contribution in [2.75, 3.05) is 23.3 Å². The van der Waals surface area contributed by atoms with Crippen LogP contribution < -0.4 is 10.2 Å². The quantitative estimate of drug-likeness (QED) is 0.570. The third kappa shape index (κ3) is 4.67. The molecule has 0 bridgehead atoms. The lowest BCUT2D eigenvalue weighted by Gasteiger charge is -2.32. The van der Waals surface area contributed by atoms with E-state index >= 15 is 0 Å². The van der Waals surface area contributed by atoms with E-state index in [1.54, 1.807) is 12.1 Å². The first-order chi connectivity index (χ1) is 14.5. The average molecular weight is 469 g/mol. The van der Waals surface area contributed by atoms with Crippen LogP contribution >= 0.6 is 15.9 Å². The van der Waals surface area contributed by atoms with Crippen LogP contribution in [0.25, 0.3) is 11.3 Å². The molecule has 1 aliphatic rings. The number of aryl methyl sites for hydroxylation is 1. The van der Waals surface area contributed by atoms with Crippen LogP contribution in [0.1, 0.15) is 18.4 Å². The van der Waals surface area contributed by atoms with Crippen molar-refractivity contribution in [2.24, 2.45) is 5.92 Å². The van der Waals surface area contributed by atoms with Crippen molar-refractivity contribution in [2.45, 2.75) is 19.8 Å². The van der Waals surface area contributed by atoms with Gasteiger partial charge in [-0.15, -0.1) is 0 Å². The summed E-state index contributed by atoms with van der Waals surface area (Å²) < 4.78 is 14.2. The highest BCUT2D eigenvalue weighted by atomic mass is 79.9. The summed E-state index contributed by atoms with van der Waals surface area (Å²) in [6.07, 6.45) is 3.05. The van der Waals surface area contributed by atoms with Gasteiger partial charge < -0.3 is 10.2 Å². The highest BCUT2D eigenvalue weighted by molar-refractivity contribution is 9.10. The van der Waals surface area contributed by atoms with Gasteiger partial charge in [0.15, 0.2) is 0 Å². The number of carbonyl (C=O) groups excluding carboxylic acids is 1. The van der Waals surface area contributed by atoms with Crippen molar-refractivity contribution >= 4 is 33.3 Å². The summed E-state index contributed by atoms with van der Waals surface area (Å²) in [6, 6.07) is 14.0. The number of rotatable bonds is 4. The summed E-state index contributed by atoms with van der Waals surface area (Å²) in [4.78, 5) is 23.6. The molecule has 5 nitrogen and oxygen atoms in total. The molecular formula is C23H22BrFN4O. The molecule has 0 spiro atoms. The van der Waals surface area contributed by atoms with Crippen LogP contribution in [0.4, 0.5) is 15.9 Å².